The molecule has 0 fully saturated rings. The van der Waals surface area contributed by atoms with E-state index in [0.717, 1.165) is 23.1 Å². The van der Waals surface area contributed by atoms with Gasteiger partial charge in [-0.15, -0.1) is 0 Å². The molecule has 1 aliphatic rings. The van der Waals surface area contributed by atoms with E-state index in [2.05, 4.69) is 109 Å². The van der Waals surface area contributed by atoms with Crippen LogP contribution in [-0.4, -0.2) is 19.5 Å². The van der Waals surface area contributed by atoms with Crippen molar-refractivity contribution in [2.45, 2.75) is 13.3 Å². The van der Waals surface area contributed by atoms with Crippen molar-refractivity contribution in [2.75, 3.05) is 0 Å². The van der Waals surface area contributed by atoms with Gasteiger partial charge in [-0.05, 0) is 35.2 Å². The molecule has 4 heteroatoms. The predicted molar refractivity (Wildman–Crippen MR) is 158 cm³/mol. The summed E-state index contributed by atoms with van der Waals surface area (Å²) < 4.78 is 2.25. The second kappa shape index (κ2) is 8.47. The first kappa shape index (κ1) is 21.9. The minimum Gasteiger partial charge on any atom is -0.277 e. The molecule has 0 unspecified atom stereocenters. The Morgan fingerprint density at radius 1 is 0.564 bits per heavy atom. The van der Waals surface area contributed by atoms with Gasteiger partial charge in [-0.1, -0.05) is 115 Å². The number of rotatable bonds is 3. The van der Waals surface area contributed by atoms with Gasteiger partial charge in [-0.25, -0.2) is 4.98 Å². The fourth-order valence-corrected chi connectivity index (χ4v) is 5.91. The average Bonchev–Trinajstić information content (AvgIpc) is 3.54. The minimum atomic E-state index is 0.634. The van der Waals surface area contributed by atoms with E-state index in [9.17, 15) is 0 Å². The second-order valence-electron chi connectivity index (χ2n) is 10.2. The van der Waals surface area contributed by atoms with Gasteiger partial charge in [0, 0.05) is 28.3 Å². The maximum atomic E-state index is 5.12. The molecule has 2 aromatic heterocycles. The van der Waals surface area contributed by atoms with E-state index < -0.39 is 0 Å². The highest BCUT2D eigenvalue weighted by molar-refractivity contribution is 6.12. The SMILES string of the molecule is Cc1ccc(-c2nc(-c3ccccc3)nc(-n3c4ccccc4c4ccc5c(c43)Cc3ccccc3-5)n2)cc1. The van der Waals surface area contributed by atoms with Gasteiger partial charge in [-0.3, -0.25) is 4.57 Å². The number of para-hydroxylation sites is 1. The Hall–Kier alpha value is -5.09. The summed E-state index contributed by atoms with van der Waals surface area (Å²) in [7, 11) is 0. The minimum absolute atomic E-state index is 0.634. The molecule has 0 saturated carbocycles. The molecule has 7 aromatic rings. The summed E-state index contributed by atoms with van der Waals surface area (Å²) in [6.07, 6.45) is 0.889. The Kier molecular flexibility index (Phi) is 4.76. The maximum Gasteiger partial charge on any atom is 0.238 e. The molecule has 0 amide bonds. The molecule has 0 bridgehead atoms. The lowest BCUT2D eigenvalue weighted by Gasteiger charge is -2.12. The van der Waals surface area contributed by atoms with Crippen molar-refractivity contribution in [1.82, 2.24) is 19.5 Å². The van der Waals surface area contributed by atoms with Crippen LogP contribution in [0.1, 0.15) is 16.7 Å². The lowest BCUT2D eigenvalue weighted by atomic mass is 10.0. The Balaban J connectivity index is 1.47. The van der Waals surface area contributed by atoms with Crippen molar-refractivity contribution in [2.24, 2.45) is 0 Å². The monoisotopic (exact) mass is 500 g/mol. The van der Waals surface area contributed by atoms with Gasteiger partial charge in [0.15, 0.2) is 11.6 Å². The zero-order chi connectivity index (χ0) is 25.9. The molecule has 4 nitrogen and oxygen atoms in total. The first-order chi connectivity index (χ1) is 19.2. The van der Waals surface area contributed by atoms with E-state index >= 15 is 0 Å². The molecule has 0 N–H and O–H groups in total. The molecule has 0 atom stereocenters. The van der Waals surface area contributed by atoms with Crippen molar-refractivity contribution in [3.63, 3.8) is 0 Å². The number of aromatic nitrogens is 4. The van der Waals surface area contributed by atoms with Crippen LogP contribution in [0.5, 0.6) is 0 Å². The van der Waals surface area contributed by atoms with Crippen LogP contribution in [0.15, 0.2) is 115 Å². The second-order valence-corrected chi connectivity index (χ2v) is 10.2. The molecule has 8 rings (SSSR count). The van der Waals surface area contributed by atoms with Crippen molar-refractivity contribution in [3.8, 4) is 39.9 Å². The van der Waals surface area contributed by atoms with Gasteiger partial charge in [-0.2, -0.15) is 9.97 Å². The van der Waals surface area contributed by atoms with Crippen LogP contribution in [-0.2, 0) is 6.42 Å². The molecule has 39 heavy (non-hydrogen) atoms. The number of benzene rings is 5. The number of aryl methyl sites for hydroxylation is 1. The van der Waals surface area contributed by atoms with Gasteiger partial charge >= 0.3 is 0 Å². The largest absolute Gasteiger partial charge is 0.277 e. The van der Waals surface area contributed by atoms with Gasteiger partial charge < -0.3 is 0 Å². The highest BCUT2D eigenvalue weighted by Crippen LogP contribution is 2.43. The molecular weight excluding hydrogens is 476 g/mol. The Morgan fingerprint density at radius 2 is 1.26 bits per heavy atom. The van der Waals surface area contributed by atoms with E-state index in [1.54, 1.807) is 0 Å². The van der Waals surface area contributed by atoms with Crippen LogP contribution in [0.25, 0.3) is 61.7 Å². The molecule has 0 spiro atoms. The van der Waals surface area contributed by atoms with E-state index in [1.165, 1.54) is 44.1 Å². The van der Waals surface area contributed by atoms with Gasteiger partial charge in [0.1, 0.15) is 0 Å². The molecule has 0 radical (unpaired) electrons. The molecule has 184 valence electrons. The fraction of sp³-hybridized carbons (Fsp3) is 0.0571. The van der Waals surface area contributed by atoms with Crippen molar-refractivity contribution in [3.05, 3.63) is 132 Å². The van der Waals surface area contributed by atoms with Gasteiger partial charge in [0.05, 0.1) is 11.0 Å². The lowest BCUT2D eigenvalue weighted by Crippen LogP contribution is -2.07. The first-order valence-corrected chi connectivity index (χ1v) is 13.3. The average molecular weight is 501 g/mol. The summed E-state index contributed by atoms with van der Waals surface area (Å²) in [5, 5.41) is 2.42. The normalized spacial score (nSPS) is 12.1. The van der Waals surface area contributed by atoms with Gasteiger partial charge in [0.25, 0.3) is 0 Å². The number of hydrogen-bond donors (Lipinski definition) is 0. The van der Waals surface area contributed by atoms with E-state index in [-0.39, 0.29) is 0 Å². The Morgan fingerprint density at radius 3 is 2.08 bits per heavy atom. The Bertz CT molecular complexity index is 2040. The van der Waals surface area contributed by atoms with E-state index in [4.69, 9.17) is 15.0 Å². The maximum absolute atomic E-state index is 5.12. The molecule has 2 heterocycles. The number of fused-ring (bicyclic) bond motifs is 7. The van der Waals surface area contributed by atoms with Gasteiger partial charge in [0.2, 0.25) is 5.95 Å². The number of nitrogens with zero attached hydrogens (tertiary/aromatic N) is 4. The fourth-order valence-electron chi connectivity index (χ4n) is 5.91. The van der Waals surface area contributed by atoms with Crippen LogP contribution in [0.4, 0.5) is 0 Å². The summed E-state index contributed by atoms with van der Waals surface area (Å²) in [6.45, 7) is 2.09. The third-order valence-corrected chi connectivity index (χ3v) is 7.78. The lowest BCUT2D eigenvalue weighted by molar-refractivity contribution is 0.950. The first-order valence-electron chi connectivity index (χ1n) is 13.3. The van der Waals surface area contributed by atoms with E-state index in [1.807, 2.05) is 18.2 Å². The van der Waals surface area contributed by atoms with Crippen LogP contribution >= 0.6 is 0 Å². The van der Waals surface area contributed by atoms with Crippen molar-refractivity contribution < 1.29 is 0 Å². The molecule has 5 aromatic carbocycles. The summed E-state index contributed by atoms with van der Waals surface area (Å²) in [5.74, 6) is 1.97. The molecule has 0 saturated heterocycles. The molecular formula is C35H24N4. The molecule has 1 aliphatic carbocycles. The standard InChI is InChI=1S/C35H24N4/c1-22-15-17-24(18-16-22)34-36-33(23-9-3-2-4-10-23)37-35(38-34)39-31-14-8-7-13-28(31)29-20-19-27-26-12-6-5-11-25(26)21-30(27)32(29)39/h2-20H,21H2,1H3. The summed E-state index contributed by atoms with van der Waals surface area (Å²) in [5.41, 5.74) is 10.7. The summed E-state index contributed by atoms with van der Waals surface area (Å²) in [6, 6.07) is 40.4. The highest BCUT2D eigenvalue weighted by atomic mass is 15.2. The van der Waals surface area contributed by atoms with Crippen molar-refractivity contribution >= 4 is 21.8 Å². The third kappa shape index (κ3) is 3.42. The topological polar surface area (TPSA) is 43.6 Å². The zero-order valence-electron chi connectivity index (χ0n) is 21.5. The molecule has 0 aliphatic heterocycles. The quantitative estimate of drug-likeness (QED) is 0.246. The van der Waals surface area contributed by atoms with Crippen LogP contribution < -0.4 is 0 Å². The summed E-state index contributed by atoms with van der Waals surface area (Å²) in [4.78, 5) is 15.2. The van der Waals surface area contributed by atoms with E-state index in [0.29, 0.717) is 17.6 Å². The third-order valence-electron chi connectivity index (χ3n) is 7.78. The van der Waals surface area contributed by atoms with Crippen LogP contribution in [0.2, 0.25) is 0 Å². The highest BCUT2D eigenvalue weighted by Gasteiger charge is 2.25. The zero-order valence-corrected chi connectivity index (χ0v) is 21.5. The van der Waals surface area contributed by atoms with Crippen LogP contribution in [0, 0.1) is 6.92 Å². The van der Waals surface area contributed by atoms with Crippen LogP contribution in [0.3, 0.4) is 0 Å². The summed E-state index contributed by atoms with van der Waals surface area (Å²) >= 11 is 0. The number of hydrogen-bond acceptors (Lipinski definition) is 3. The smallest absolute Gasteiger partial charge is 0.238 e. The Labute approximate surface area is 226 Å². The van der Waals surface area contributed by atoms with Crippen molar-refractivity contribution in [1.29, 1.82) is 0 Å². The predicted octanol–water partition coefficient (Wildman–Crippen LogP) is 8.18.